The molecule has 0 radical (unpaired) electrons. The Labute approximate surface area is 689 Å². The molecule has 0 unspecified atom stereocenters. The van der Waals surface area contributed by atoms with Crippen LogP contribution in [0.1, 0.15) is 99.8 Å². The summed E-state index contributed by atoms with van der Waals surface area (Å²) < 4.78 is 57.3. The molecule has 0 spiro atoms. The summed E-state index contributed by atoms with van der Waals surface area (Å²) in [5.74, 6) is 5.02. The number of piperidine rings is 4. The van der Waals surface area contributed by atoms with Crippen LogP contribution < -0.4 is 78.3 Å². The van der Waals surface area contributed by atoms with E-state index in [0.29, 0.717) is 198 Å². The summed E-state index contributed by atoms with van der Waals surface area (Å²) in [5, 5.41) is 3.68. The summed E-state index contributed by atoms with van der Waals surface area (Å²) in [6.45, 7) is 28.5. The maximum Gasteiger partial charge on any atom is 0.410 e. The SMILES string of the molecule is CC(=O)N1CCC[C@@H](Oc2cc(-c3cnc(N)nc3N)nc(N3CCOCC3)n2)C1.CC(C)(C)OC(=O)N1CCC[C@@H](Oc2cc(-c3cnc(N)nc3N)nc(N3CCOCC3)n2)C1.CC(C)(C)OC(=O)N1CCC[C@@H](Oc2cc(Cl)nc(N3CCOCC3)n2)C1.Nc1ncc(-c2cc(O[C@@H]3CCCNC3)nc(N3CCOCC3)n2)c(N)n1. The second-order valence-electron chi connectivity index (χ2n) is 31.0. The topological polar surface area (TPSA) is 515 Å². The predicted molar refractivity (Wildman–Crippen MR) is 440 cm³/mol. The summed E-state index contributed by atoms with van der Waals surface area (Å²) in [6.07, 6.45) is 10.7. The molecule has 13 N–H and O–H groups in total. The highest BCUT2D eigenvalue weighted by molar-refractivity contribution is 6.29. The van der Waals surface area contributed by atoms with E-state index >= 15 is 0 Å². The maximum atomic E-state index is 12.5. The largest absolute Gasteiger partial charge is 0.473 e. The highest BCUT2D eigenvalue weighted by Gasteiger charge is 2.34. The predicted octanol–water partition coefficient (Wildman–Crippen LogP) is 4.85. The van der Waals surface area contributed by atoms with Crippen molar-refractivity contribution in [1.82, 2.24) is 89.8 Å². The number of anilines is 10. The van der Waals surface area contributed by atoms with Gasteiger partial charge in [-0.25, -0.2) is 44.5 Å². The first-order valence-corrected chi connectivity index (χ1v) is 40.3. The third kappa shape index (κ3) is 25.2. The number of morpholine rings is 4. The van der Waals surface area contributed by atoms with E-state index in [1.807, 2.05) is 56.2 Å². The van der Waals surface area contributed by atoms with Gasteiger partial charge in [0.2, 0.25) is 71.1 Å². The standard InChI is InChI=1S/C22H32N8O4.C19H26N8O3.C18H27ClN4O4.C17H24N8O2/c1-22(2,3)34-21(31)30-6-4-5-14(13-30)33-17-11-16(15-12-25-19(24)28-18(15)23)26-20(27-17)29-7-9-32-10-8-29;1-12(28)27-4-2-3-13(11-27)30-16-9-15(14-10-22-18(21)25-17(14)20)23-19(24-16)26-5-7-29-8-6-26;1-18(2,3)27-17(24)23-6-4-5-13(12-23)26-15-11-14(19)20-16(21-15)22-7-9-25-10-8-22;18-15-12(10-21-16(19)24-15)13-8-14(27-11-2-1-3-20-9-11)23-17(22-13)25-4-6-26-7-5-25/h11-12,14H,4-10,13H2,1-3H3,(H4,23,24,25,28);9-10,13H,2-8,11H2,1H3,(H4,20,21,22,25);11,13H,4-10,12H2,1-3H3;8,10-11,20H,1-7,9H2,(H4,18,19,21,24)/t14-;2*13-;11-/m1111/s1. The Morgan fingerprint density at radius 1 is 0.407 bits per heavy atom. The molecule has 15 heterocycles. The van der Waals surface area contributed by atoms with Crippen LogP contribution in [0.3, 0.4) is 0 Å². The Hall–Kier alpha value is -11.1. The Kier molecular flexibility index (Phi) is 29.5. The summed E-state index contributed by atoms with van der Waals surface area (Å²) in [5.41, 5.74) is 37.4. The van der Waals surface area contributed by atoms with Crippen molar-refractivity contribution in [2.75, 3.05) is 212 Å². The quantitative estimate of drug-likeness (QED) is 0.0675. The number of nitrogens with zero attached hydrogens (tertiary/aromatic N) is 21. The number of carbonyl (C=O) groups is 3. The molecule has 8 aliphatic rings. The molecule has 8 aliphatic heterocycles. The second-order valence-corrected chi connectivity index (χ2v) is 31.4. The number of hydrogen-bond acceptors (Lipinski definition) is 38. The second kappa shape index (κ2) is 40.3. The molecule has 0 aromatic carbocycles. The summed E-state index contributed by atoms with van der Waals surface area (Å²) in [6, 6.07) is 6.82. The van der Waals surface area contributed by atoms with Crippen LogP contribution in [-0.4, -0.2) is 296 Å². The van der Waals surface area contributed by atoms with Gasteiger partial charge >= 0.3 is 12.2 Å². The molecule has 0 bridgehead atoms. The lowest BCUT2D eigenvalue weighted by Gasteiger charge is -2.34. The lowest BCUT2D eigenvalue weighted by molar-refractivity contribution is -0.131. The molecule has 3 amide bonds. The van der Waals surface area contributed by atoms with Gasteiger partial charge in [0.15, 0.2) is 0 Å². The Morgan fingerprint density at radius 2 is 0.712 bits per heavy atom. The monoisotopic (exact) mass is 1660 g/mol. The summed E-state index contributed by atoms with van der Waals surface area (Å²) >= 11 is 6.17. The number of hydrogen-bond donors (Lipinski definition) is 7. The zero-order valence-corrected chi connectivity index (χ0v) is 68.8. The van der Waals surface area contributed by atoms with Gasteiger partial charge in [-0.2, -0.15) is 34.9 Å². The minimum Gasteiger partial charge on any atom is -0.473 e. The molecular weight excluding hydrogens is 1550 g/mol. The molecule has 118 heavy (non-hydrogen) atoms. The van der Waals surface area contributed by atoms with Gasteiger partial charge in [0.1, 0.15) is 58.2 Å². The molecule has 15 rings (SSSR count). The molecule has 8 fully saturated rings. The number of nitrogen functional groups attached to an aromatic ring is 6. The normalized spacial score (nSPS) is 20.0. The van der Waals surface area contributed by atoms with Gasteiger partial charge in [-0.1, -0.05) is 11.6 Å². The van der Waals surface area contributed by atoms with Crippen LogP contribution in [0.5, 0.6) is 23.5 Å². The van der Waals surface area contributed by atoms with Gasteiger partial charge in [-0.15, -0.1) is 0 Å². The average molecular weight is 1660 g/mol. The van der Waals surface area contributed by atoms with Gasteiger partial charge in [0.25, 0.3) is 0 Å². The lowest BCUT2D eigenvalue weighted by atomic mass is 10.1. The number of amides is 3. The molecule has 0 saturated carbocycles. The van der Waals surface area contributed by atoms with E-state index in [0.717, 1.165) is 97.2 Å². The van der Waals surface area contributed by atoms with E-state index in [2.05, 4.69) is 80.0 Å². The number of carbonyl (C=O) groups excluding carboxylic acids is 3. The van der Waals surface area contributed by atoms with Crippen molar-refractivity contribution in [3.05, 3.63) is 48.0 Å². The van der Waals surface area contributed by atoms with E-state index in [1.54, 1.807) is 58.3 Å². The molecule has 42 heteroatoms. The molecule has 41 nitrogen and oxygen atoms in total. The molecule has 638 valence electrons. The fraction of sp³-hybridized carbons (Fsp3) is 0.592. The first-order chi connectivity index (χ1) is 56.7. The minimum atomic E-state index is -0.555. The number of aromatic nitrogens is 14. The van der Waals surface area contributed by atoms with Crippen LogP contribution in [0.25, 0.3) is 33.8 Å². The first-order valence-electron chi connectivity index (χ1n) is 39.9. The molecule has 8 saturated heterocycles. The Balaban J connectivity index is 0.000000145. The number of rotatable bonds is 15. The van der Waals surface area contributed by atoms with E-state index in [9.17, 15) is 14.4 Å². The number of ether oxygens (including phenoxy) is 10. The van der Waals surface area contributed by atoms with Crippen molar-refractivity contribution in [3.63, 3.8) is 0 Å². The fourth-order valence-corrected chi connectivity index (χ4v) is 13.9. The number of nitrogens with one attached hydrogen (secondary N) is 1. The number of nitrogens with two attached hydrogens (primary N) is 6. The van der Waals surface area contributed by atoms with Crippen molar-refractivity contribution in [2.24, 2.45) is 0 Å². The summed E-state index contributed by atoms with van der Waals surface area (Å²) in [7, 11) is 0. The maximum absolute atomic E-state index is 12.5. The molecule has 4 atom stereocenters. The zero-order valence-electron chi connectivity index (χ0n) is 68.0. The highest BCUT2D eigenvalue weighted by atomic mass is 35.5. The smallest absolute Gasteiger partial charge is 0.410 e. The fourth-order valence-electron chi connectivity index (χ4n) is 13.7. The van der Waals surface area contributed by atoms with Crippen LogP contribution in [0.2, 0.25) is 5.15 Å². The van der Waals surface area contributed by atoms with Crippen molar-refractivity contribution < 1.29 is 61.8 Å². The average Bonchev–Trinajstić information content (AvgIpc) is 0.814. The van der Waals surface area contributed by atoms with Crippen molar-refractivity contribution in [1.29, 1.82) is 0 Å². The van der Waals surface area contributed by atoms with Gasteiger partial charge in [-0.05, 0) is 99.5 Å². The number of likely N-dealkylation sites (tertiary alicyclic amines) is 3. The van der Waals surface area contributed by atoms with Crippen LogP contribution in [0.15, 0.2) is 42.9 Å². The van der Waals surface area contributed by atoms with Gasteiger partial charge < -0.3 is 121 Å². The zero-order chi connectivity index (χ0) is 83.5. The van der Waals surface area contributed by atoms with Crippen molar-refractivity contribution in [2.45, 2.75) is 135 Å². The molecular formula is C76H109ClN28O13. The van der Waals surface area contributed by atoms with Crippen molar-refractivity contribution in [3.8, 4) is 57.3 Å². The Morgan fingerprint density at radius 3 is 1.03 bits per heavy atom. The lowest BCUT2D eigenvalue weighted by Crippen LogP contribution is -2.46. The van der Waals surface area contributed by atoms with E-state index in [1.165, 1.54) is 6.20 Å². The molecule has 7 aromatic rings. The summed E-state index contributed by atoms with van der Waals surface area (Å²) in [4.78, 5) is 111. The highest BCUT2D eigenvalue weighted by Crippen LogP contribution is 2.34. The first kappa shape index (κ1) is 86.2. The van der Waals surface area contributed by atoms with Crippen LogP contribution in [0.4, 0.5) is 68.7 Å². The molecule has 7 aromatic heterocycles. The third-order valence-corrected chi connectivity index (χ3v) is 19.7. The van der Waals surface area contributed by atoms with Crippen LogP contribution in [0, 0.1) is 0 Å². The van der Waals surface area contributed by atoms with Gasteiger partial charge in [0.05, 0.1) is 106 Å². The van der Waals surface area contributed by atoms with E-state index in [4.69, 9.17) is 93.4 Å². The van der Waals surface area contributed by atoms with Crippen LogP contribution in [-0.2, 0) is 33.2 Å². The van der Waals surface area contributed by atoms with Crippen LogP contribution >= 0.6 is 11.6 Å². The Bertz CT molecular complexity index is 4510. The third-order valence-electron chi connectivity index (χ3n) is 19.5. The van der Waals surface area contributed by atoms with E-state index in [-0.39, 0.29) is 77.8 Å². The minimum absolute atomic E-state index is 0.0486. The molecule has 0 aliphatic carbocycles. The van der Waals surface area contributed by atoms with Gasteiger partial charge in [0, 0.05) is 128 Å². The number of halogens is 1. The van der Waals surface area contributed by atoms with E-state index < -0.39 is 11.2 Å². The van der Waals surface area contributed by atoms with Crippen molar-refractivity contribution >= 4 is 88.8 Å². The van der Waals surface area contributed by atoms with Gasteiger partial charge in [-0.3, -0.25) is 4.79 Å².